The fourth-order valence-electron chi connectivity index (χ4n) is 4.52. The van der Waals surface area contributed by atoms with Crippen LogP contribution < -0.4 is 0 Å². The first-order valence-corrected chi connectivity index (χ1v) is 11.1. The number of carbonyl (C=O) groups excluding carboxylic acids is 2. The topological polar surface area (TPSA) is 74.3 Å². The summed E-state index contributed by atoms with van der Waals surface area (Å²) in [5.41, 5.74) is 0. The first kappa shape index (κ1) is 22.4. The van der Waals surface area contributed by atoms with E-state index in [-0.39, 0.29) is 35.5 Å². The average Bonchev–Trinajstić information content (AvgIpc) is 3.40. The summed E-state index contributed by atoms with van der Waals surface area (Å²) in [6.07, 6.45) is 8.12. The molecule has 7 heteroatoms. The zero-order valence-electron chi connectivity index (χ0n) is 17.6. The smallest absolute Gasteiger partial charge is 0.233 e. The SMILES string of the molecule is CCCCOCCOCCOCCOCCCN1C(=O)[C@@H]2[C@@H](C1=O)[C@H]1C=C[C@H]2C1. The summed E-state index contributed by atoms with van der Waals surface area (Å²) < 4.78 is 21.8. The maximum atomic E-state index is 12.6. The zero-order valence-corrected chi connectivity index (χ0v) is 17.6. The molecular weight excluding hydrogens is 374 g/mol. The number of likely N-dealkylation sites (tertiary alicyclic amines) is 1. The van der Waals surface area contributed by atoms with Gasteiger partial charge in [0.15, 0.2) is 0 Å². The molecule has 2 amide bonds. The summed E-state index contributed by atoms with van der Waals surface area (Å²) in [6.45, 7) is 7.24. The Hall–Kier alpha value is -1.28. The molecule has 0 aromatic rings. The Morgan fingerprint density at radius 2 is 1.21 bits per heavy atom. The molecule has 29 heavy (non-hydrogen) atoms. The summed E-state index contributed by atoms with van der Waals surface area (Å²) in [5, 5.41) is 0. The van der Waals surface area contributed by atoms with Gasteiger partial charge in [-0.15, -0.1) is 0 Å². The van der Waals surface area contributed by atoms with E-state index in [1.165, 1.54) is 4.90 Å². The van der Waals surface area contributed by atoms with Crippen molar-refractivity contribution in [1.29, 1.82) is 0 Å². The first-order valence-electron chi connectivity index (χ1n) is 11.1. The van der Waals surface area contributed by atoms with Crippen LogP contribution in [0, 0.1) is 23.7 Å². The van der Waals surface area contributed by atoms with E-state index in [0.717, 1.165) is 25.9 Å². The molecule has 1 aliphatic heterocycles. The number of ether oxygens (including phenoxy) is 4. The number of amides is 2. The second-order valence-corrected chi connectivity index (χ2v) is 7.98. The molecule has 0 radical (unpaired) electrons. The van der Waals surface area contributed by atoms with Gasteiger partial charge >= 0.3 is 0 Å². The molecule has 3 aliphatic rings. The van der Waals surface area contributed by atoms with Crippen molar-refractivity contribution in [3.63, 3.8) is 0 Å². The zero-order chi connectivity index (χ0) is 20.5. The van der Waals surface area contributed by atoms with Crippen LogP contribution in [0.3, 0.4) is 0 Å². The number of fused-ring (bicyclic) bond motifs is 5. The van der Waals surface area contributed by atoms with E-state index in [2.05, 4.69) is 19.1 Å². The number of hydrogen-bond donors (Lipinski definition) is 0. The van der Waals surface area contributed by atoms with Crippen LogP contribution in [0.1, 0.15) is 32.6 Å². The molecule has 2 bridgehead atoms. The predicted molar refractivity (Wildman–Crippen MR) is 107 cm³/mol. The maximum absolute atomic E-state index is 12.6. The standard InChI is InChI=1S/C22H35NO6/c1-2-3-8-26-10-12-28-14-15-29-13-11-27-9-4-7-23-21(24)19-17-5-6-18(16-17)20(19)22(23)25/h5-6,17-20H,2-4,7-16H2,1H3/t17-,18-,19-,20-/m0/s1. The van der Waals surface area contributed by atoms with E-state index in [1.54, 1.807) is 0 Å². The molecule has 1 heterocycles. The number of carbonyl (C=O) groups is 2. The largest absolute Gasteiger partial charge is 0.379 e. The van der Waals surface area contributed by atoms with Crippen molar-refractivity contribution in [2.45, 2.75) is 32.6 Å². The van der Waals surface area contributed by atoms with E-state index < -0.39 is 0 Å². The monoisotopic (exact) mass is 409 g/mol. The summed E-state index contributed by atoms with van der Waals surface area (Å²) >= 11 is 0. The third-order valence-electron chi connectivity index (χ3n) is 5.99. The van der Waals surface area contributed by atoms with Crippen LogP contribution in [-0.4, -0.2) is 76.1 Å². The van der Waals surface area contributed by atoms with Crippen LogP contribution in [-0.2, 0) is 28.5 Å². The van der Waals surface area contributed by atoms with Gasteiger partial charge in [0.1, 0.15) is 0 Å². The Bertz CT molecular complexity index is 536. The van der Waals surface area contributed by atoms with Crippen molar-refractivity contribution in [3.05, 3.63) is 12.2 Å². The van der Waals surface area contributed by atoms with Crippen molar-refractivity contribution in [2.75, 3.05) is 59.4 Å². The maximum Gasteiger partial charge on any atom is 0.233 e. The van der Waals surface area contributed by atoms with Crippen LogP contribution in [0.15, 0.2) is 12.2 Å². The highest BCUT2D eigenvalue weighted by molar-refractivity contribution is 6.06. The minimum Gasteiger partial charge on any atom is -0.379 e. The van der Waals surface area contributed by atoms with E-state index in [4.69, 9.17) is 18.9 Å². The van der Waals surface area contributed by atoms with Gasteiger partial charge in [-0.25, -0.2) is 0 Å². The summed E-state index contributed by atoms with van der Waals surface area (Å²) in [4.78, 5) is 26.6. The van der Waals surface area contributed by atoms with Gasteiger partial charge in [0.25, 0.3) is 0 Å². The Kier molecular flexibility index (Phi) is 9.11. The van der Waals surface area contributed by atoms with E-state index >= 15 is 0 Å². The van der Waals surface area contributed by atoms with Crippen molar-refractivity contribution >= 4 is 11.8 Å². The highest BCUT2D eigenvalue weighted by Crippen LogP contribution is 2.52. The number of rotatable bonds is 16. The van der Waals surface area contributed by atoms with Gasteiger partial charge in [0.2, 0.25) is 11.8 Å². The number of allylic oxidation sites excluding steroid dienone is 2. The highest BCUT2D eigenvalue weighted by atomic mass is 16.6. The lowest BCUT2D eigenvalue weighted by Gasteiger charge is -2.17. The quantitative estimate of drug-likeness (QED) is 0.221. The highest BCUT2D eigenvalue weighted by Gasteiger charge is 2.58. The molecule has 0 aromatic carbocycles. The lowest BCUT2D eigenvalue weighted by Crippen LogP contribution is -2.34. The van der Waals surface area contributed by atoms with Crippen molar-refractivity contribution in [3.8, 4) is 0 Å². The number of imide groups is 1. The van der Waals surface area contributed by atoms with Crippen molar-refractivity contribution in [2.24, 2.45) is 23.7 Å². The molecule has 1 saturated heterocycles. The van der Waals surface area contributed by atoms with Gasteiger partial charge in [-0.1, -0.05) is 25.5 Å². The molecular formula is C22H35NO6. The fraction of sp³-hybridized carbons (Fsp3) is 0.818. The molecule has 1 saturated carbocycles. The average molecular weight is 410 g/mol. The van der Waals surface area contributed by atoms with Gasteiger partial charge in [-0.2, -0.15) is 0 Å². The minimum absolute atomic E-state index is 0.0240. The van der Waals surface area contributed by atoms with Gasteiger partial charge in [-0.3, -0.25) is 14.5 Å². The minimum atomic E-state index is -0.100. The first-order chi connectivity index (χ1) is 14.2. The van der Waals surface area contributed by atoms with Gasteiger partial charge in [0.05, 0.1) is 51.5 Å². The lowest BCUT2D eigenvalue weighted by atomic mass is 9.85. The van der Waals surface area contributed by atoms with Crippen LogP contribution >= 0.6 is 0 Å². The Morgan fingerprint density at radius 3 is 1.69 bits per heavy atom. The molecule has 7 nitrogen and oxygen atoms in total. The van der Waals surface area contributed by atoms with Crippen LogP contribution in [0.4, 0.5) is 0 Å². The molecule has 3 rings (SSSR count). The summed E-state index contributed by atoms with van der Waals surface area (Å²) in [5.74, 6) is 0.399. The van der Waals surface area contributed by atoms with Crippen molar-refractivity contribution < 1.29 is 28.5 Å². The predicted octanol–water partition coefficient (Wildman–Crippen LogP) is 2.05. The third kappa shape index (κ3) is 5.87. The van der Waals surface area contributed by atoms with Crippen LogP contribution in [0.2, 0.25) is 0 Å². The molecule has 2 fully saturated rings. The lowest BCUT2D eigenvalue weighted by molar-refractivity contribution is -0.140. The Balaban J connectivity index is 1.13. The van der Waals surface area contributed by atoms with Gasteiger partial charge in [-0.05, 0) is 31.1 Å². The second-order valence-electron chi connectivity index (χ2n) is 7.98. The molecule has 0 unspecified atom stereocenters. The van der Waals surface area contributed by atoms with Crippen molar-refractivity contribution in [1.82, 2.24) is 4.90 Å². The van der Waals surface area contributed by atoms with Gasteiger partial charge in [0, 0.05) is 19.8 Å². The van der Waals surface area contributed by atoms with E-state index in [0.29, 0.717) is 59.2 Å². The molecule has 2 aliphatic carbocycles. The Labute approximate surface area is 173 Å². The van der Waals surface area contributed by atoms with E-state index in [9.17, 15) is 9.59 Å². The number of nitrogens with zero attached hydrogens (tertiary/aromatic N) is 1. The van der Waals surface area contributed by atoms with Crippen LogP contribution in [0.25, 0.3) is 0 Å². The molecule has 0 N–H and O–H groups in total. The van der Waals surface area contributed by atoms with Gasteiger partial charge < -0.3 is 18.9 Å². The molecule has 164 valence electrons. The second kappa shape index (κ2) is 11.8. The normalized spacial score (nSPS) is 27.4. The fourth-order valence-corrected chi connectivity index (χ4v) is 4.52. The van der Waals surface area contributed by atoms with Crippen LogP contribution in [0.5, 0.6) is 0 Å². The Morgan fingerprint density at radius 1 is 0.759 bits per heavy atom. The third-order valence-corrected chi connectivity index (χ3v) is 5.99. The molecule has 4 atom stereocenters. The summed E-state index contributed by atoms with van der Waals surface area (Å²) in [6, 6.07) is 0. The number of unbranched alkanes of at least 4 members (excludes halogenated alkanes) is 1. The molecule has 0 aromatic heterocycles. The molecule has 0 spiro atoms. The van der Waals surface area contributed by atoms with E-state index in [1.807, 2.05) is 0 Å². The summed E-state index contributed by atoms with van der Waals surface area (Å²) in [7, 11) is 0. The number of hydrogen-bond acceptors (Lipinski definition) is 6.